The Morgan fingerprint density at radius 2 is 1.86 bits per heavy atom. The maximum Gasteiger partial charge on any atom is 0.256 e. The maximum atomic E-state index is 13.7. The molecule has 0 spiro atoms. The van der Waals surface area contributed by atoms with Gasteiger partial charge in [-0.2, -0.15) is 0 Å². The molecule has 1 amide bonds. The molecule has 0 unspecified atom stereocenters. The van der Waals surface area contributed by atoms with Gasteiger partial charge in [-0.1, -0.05) is 0 Å². The number of amides is 1. The molecule has 3 rings (SSSR count). The van der Waals surface area contributed by atoms with Crippen molar-refractivity contribution in [1.29, 1.82) is 0 Å². The van der Waals surface area contributed by atoms with Crippen LogP contribution in [0.3, 0.4) is 0 Å². The summed E-state index contributed by atoms with van der Waals surface area (Å²) in [5.74, 6) is -1.30. The summed E-state index contributed by atoms with van der Waals surface area (Å²) in [7, 11) is 0. The zero-order chi connectivity index (χ0) is 15.5. The summed E-state index contributed by atoms with van der Waals surface area (Å²) in [6.07, 6.45) is 4.97. The minimum Gasteiger partial charge on any atom is -0.339 e. The number of hydrogen-bond donors (Lipinski definition) is 0. The van der Waals surface area contributed by atoms with Crippen molar-refractivity contribution >= 4 is 5.91 Å². The van der Waals surface area contributed by atoms with Gasteiger partial charge in [0.1, 0.15) is 24.3 Å². The molecule has 0 bridgehead atoms. The highest BCUT2D eigenvalue weighted by Gasteiger charge is 2.25. The van der Waals surface area contributed by atoms with Crippen LogP contribution in [0.2, 0.25) is 0 Å². The van der Waals surface area contributed by atoms with Gasteiger partial charge in [0.05, 0.1) is 5.56 Å². The third-order valence-electron chi connectivity index (χ3n) is 4.00. The molecule has 2 aromatic rings. The van der Waals surface area contributed by atoms with Crippen LogP contribution in [0.4, 0.5) is 8.78 Å². The number of rotatable bonds is 3. The van der Waals surface area contributed by atoms with E-state index in [0.29, 0.717) is 19.0 Å². The van der Waals surface area contributed by atoms with E-state index in [1.807, 2.05) is 4.57 Å². The molecule has 1 aliphatic heterocycles. The highest BCUT2D eigenvalue weighted by Crippen LogP contribution is 2.21. The Kier molecular flexibility index (Phi) is 4.13. The van der Waals surface area contributed by atoms with Gasteiger partial charge in [-0.25, -0.2) is 8.78 Å². The van der Waals surface area contributed by atoms with Crippen LogP contribution in [0.1, 0.15) is 23.2 Å². The van der Waals surface area contributed by atoms with Crippen molar-refractivity contribution in [2.75, 3.05) is 13.1 Å². The second-order valence-electron chi connectivity index (χ2n) is 5.52. The molecule has 1 aromatic heterocycles. The molecule has 1 aromatic carbocycles. The monoisotopic (exact) mass is 306 g/mol. The van der Waals surface area contributed by atoms with Crippen molar-refractivity contribution in [1.82, 2.24) is 19.7 Å². The first-order chi connectivity index (χ1) is 10.6. The Balaban J connectivity index is 1.61. The van der Waals surface area contributed by atoms with Gasteiger partial charge in [0.25, 0.3) is 5.91 Å². The molecule has 0 radical (unpaired) electrons. The largest absolute Gasteiger partial charge is 0.339 e. The zero-order valence-electron chi connectivity index (χ0n) is 12.0. The Hall–Kier alpha value is -2.31. The SMILES string of the molecule is O=C(c1cc(F)ccc1F)N1CCC(Cn2cnnc2)CC1. The van der Waals surface area contributed by atoms with Crippen LogP contribution in [-0.2, 0) is 6.54 Å². The predicted octanol–water partition coefficient (Wildman–Crippen LogP) is 2.11. The summed E-state index contributed by atoms with van der Waals surface area (Å²) in [6.45, 7) is 1.90. The Labute approximate surface area is 126 Å². The van der Waals surface area contributed by atoms with Crippen LogP contribution < -0.4 is 0 Å². The maximum absolute atomic E-state index is 13.7. The van der Waals surface area contributed by atoms with Crippen molar-refractivity contribution in [2.24, 2.45) is 5.92 Å². The van der Waals surface area contributed by atoms with Crippen LogP contribution in [0.5, 0.6) is 0 Å². The highest BCUT2D eigenvalue weighted by molar-refractivity contribution is 5.94. The number of piperidine rings is 1. The van der Waals surface area contributed by atoms with E-state index in [2.05, 4.69) is 10.2 Å². The Morgan fingerprint density at radius 3 is 2.55 bits per heavy atom. The molecular formula is C15H16F2N4O. The Morgan fingerprint density at radius 1 is 1.18 bits per heavy atom. The second-order valence-corrected chi connectivity index (χ2v) is 5.52. The van der Waals surface area contributed by atoms with Crippen LogP contribution in [0.15, 0.2) is 30.9 Å². The summed E-state index contributed by atoms with van der Waals surface area (Å²) in [5.41, 5.74) is -0.197. The number of likely N-dealkylation sites (tertiary alicyclic amines) is 1. The first-order valence-electron chi connectivity index (χ1n) is 7.20. The van der Waals surface area contributed by atoms with Crippen LogP contribution in [0.25, 0.3) is 0 Å². The number of halogens is 2. The average molecular weight is 306 g/mol. The molecule has 0 atom stereocenters. The average Bonchev–Trinajstić information content (AvgIpc) is 3.03. The van der Waals surface area contributed by atoms with Gasteiger partial charge in [0.2, 0.25) is 0 Å². The van der Waals surface area contributed by atoms with Crippen molar-refractivity contribution in [3.05, 3.63) is 48.1 Å². The van der Waals surface area contributed by atoms with E-state index in [1.54, 1.807) is 17.6 Å². The highest BCUT2D eigenvalue weighted by atomic mass is 19.1. The number of benzene rings is 1. The number of carbonyl (C=O) groups excluding carboxylic acids is 1. The lowest BCUT2D eigenvalue weighted by atomic mass is 9.96. The number of hydrogen-bond acceptors (Lipinski definition) is 3. The zero-order valence-corrected chi connectivity index (χ0v) is 12.0. The van der Waals surface area contributed by atoms with E-state index in [9.17, 15) is 13.6 Å². The molecule has 0 saturated carbocycles. The minimum absolute atomic E-state index is 0.197. The van der Waals surface area contributed by atoms with Gasteiger partial charge in [0.15, 0.2) is 0 Å². The van der Waals surface area contributed by atoms with Gasteiger partial charge in [-0.3, -0.25) is 4.79 Å². The summed E-state index contributed by atoms with van der Waals surface area (Å²) >= 11 is 0. The van der Waals surface area contributed by atoms with Gasteiger partial charge >= 0.3 is 0 Å². The molecule has 0 aliphatic carbocycles. The first kappa shape index (κ1) is 14.6. The lowest BCUT2D eigenvalue weighted by Crippen LogP contribution is -2.39. The minimum atomic E-state index is -0.682. The lowest BCUT2D eigenvalue weighted by Gasteiger charge is -2.32. The van der Waals surface area contributed by atoms with Crippen molar-refractivity contribution in [3.8, 4) is 0 Å². The molecule has 22 heavy (non-hydrogen) atoms. The van der Waals surface area contributed by atoms with Crippen molar-refractivity contribution in [3.63, 3.8) is 0 Å². The molecule has 1 saturated heterocycles. The number of nitrogens with zero attached hydrogens (tertiary/aromatic N) is 4. The smallest absolute Gasteiger partial charge is 0.256 e. The molecular weight excluding hydrogens is 290 g/mol. The van der Waals surface area contributed by atoms with E-state index in [4.69, 9.17) is 0 Å². The second kappa shape index (κ2) is 6.21. The summed E-state index contributed by atoms with van der Waals surface area (Å²) in [6, 6.07) is 2.96. The first-order valence-corrected chi connectivity index (χ1v) is 7.20. The van der Waals surface area contributed by atoms with Gasteiger partial charge in [-0.05, 0) is 37.0 Å². The fourth-order valence-electron chi connectivity index (χ4n) is 2.76. The standard InChI is InChI=1S/C15H16F2N4O/c16-12-1-2-14(17)13(7-12)15(22)21-5-3-11(4-6-21)8-20-9-18-19-10-20/h1-2,7,9-11H,3-6,8H2. The quantitative estimate of drug-likeness (QED) is 0.872. The normalized spacial score (nSPS) is 16.0. The predicted molar refractivity (Wildman–Crippen MR) is 75.0 cm³/mol. The molecule has 0 N–H and O–H groups in total. The molecule has 1 fully saturated rings. The van der Waals surface area contributed by atoms with E-state index in [-0.39, 0.29) is 5.56 Å². The van der Waals surface area contributed by atoms with Gasteiger partial charge < -0.3 is 9.47 Å². The van der Waals surface area contributed by atoms with Crippen molar-refractivity contribution in [2.45, 2.75) is 19.4 Å². The summed E-state index contributed by atoms with van der Waals surface area (Å²) in [4.78, 5) is 13.9. The summed E-state index contributed by atoms with van der Waals surface area (Å²) < 4.78 is 28.8. The van der Waals surface area contributed by atoms with Crippen LogP contribution in [0, 0.1) is 17.6 Å². The molecule has 7 heteroatoms. The molecule has 116 valence electrons. The fourth-order valence-corrected chi connectivity index (χ4v) is 2.76. The van der Waals surface area contributed by atoms with E-state index < -0.39 is 17.5 Å². The van der Waals surface area contributed by atoms with E-state index in [0.717, 1.165) is 37.6 Å². The number of carbonyl (C=O) groups is 1. The van der Waals surface area contributed by atoms with Gasteiger partial charge in [-0.15, -0.1) is 10.2 Å². The number of aromatic nitrogens is 3. The van der Waals surface area contributed by atoms with E-state index in [1.165, 1.54) is 0 Å². The summed E-state index contributed by atoms with van der Waals surface area (Å²) in [5, 5.41) is 7.52. The van der Waals surface area contributed by atoms with Crippen molar-refractivity contribution < 1.29 is 13.6 Å². The topological polar surface area (TPSA) is 51.0 Å². The van der Waals surface area contributed by atoms with E-state index >= 15 is 0 Å². The molecule has 2 heterocycles. The fraction of sp³-hybridized carbons (Fsp3) is 0.400. The molecule has 5 nitrogen and oxygen atoms in total. The van der Waals surface area contributed by atoms with Crippen LogP contribution in [-0.4, -0.2) is 38.7 Å². The third kappa shape index (κ3) is 3.13. The lowest BCUT2D eigenvalue weighted by molar-refractivity contribution is 0.0677. The molecule has 1 aliphatic rings. The Bertz CT molecular complexity index is 652. The third-order valence-corrected chi connectivity index (χ3v) is 4.00. The van der Waals surface area contributed by atoms with Gasteiger partial charge in [0, 0.05) is 19.6 Å². The van der Waals surface area contributed by atoms with Crippen LogP contribution >= 0.6 is 0 Å².